The number of nitrogens with zero attached hydrogens (tertiary/aromatic N) is 3. The Morgan fingerprint density at radius 2 is 2.26 bits per heavy atom. The van der Waals surface area contributed by atoms with Gasteiger partial charge in [-0.15, -0.1) is 6.58 Å². The smallest absolute Gasteiger partial charge is 0.243 e. The fourth-order valence-electron chi connectivity index (χ4n) is 2.11. The van der Waals surface area contributed by atoms with Crippen LogP contribution < -0.4 is 10.6 Å². The number of hydrogen-bond donors (Lipinski definition) is 2. The van der Waals surface area contributed by atoms with Gasteiger partial charge in [0.15, 0.2) is 5.96 Å². The van der Waals surface area contributed by atoms with Crippen LogP contribution in [0.5, 0.6) is 0 Å². The molecule has 0 radical (unpaired) electrons. The number of allylic oxidation sites excluding steroid dienone is 1. The van der Waals surface area contributed by atoms with Crippen LogP contribution in [0.25, 0.3) is 0 Å². The van der Waals surface area contributed by atoms with Gasteiger partial charge in [-0.05, 0) is 31.4 Å². The van der Waals surface area contributed by atoms with Crippen LogP contribution in [-0.4, -0.2) is 48.9 Å². The van der Waals surface area contributed by atoms with Crippen LogP contribution in [-0.2, 0) is 4.79 Å². The molecule has 0 bridgehead atoms. The van der Waals surface area contributed by atoms with Crippen LogP contribution in [0.15, 0.2) is 42.2 Å². The summed E-state index contributed by atoms with van der Waals surface area (Å²) in [5, 5.41) is 5.85. The van der Waals surface area contributed by atoms with Crippen molar-refractivity contribution < 1.29 is 4.79 Å². The van der Waals surface area contributed by atoms with Gasteiger partial charge in [0.25, 0.3) is 0 Å². The maximum atomic E-state index is 11.9. The van der Waals surface area contributed by atoms with Crippen molar-refractivity contribution >= 4 is 17.6 Å². The van der Waals surface area contributed by atoms with Crippen molar-refractivity contribution in [3.8, 4) is 0 Å². The zero-order chi connectivity index (χ0) is 16.9. The first-order chi connectivity index (χ1) is 11.2. The van der Waals surface area contributed by atoms with Crippen molar-refractivity contribution in [3.05, 3.63) is 37.2 Å². The lowest BCUT2D eigenvalue weighted by Gasteiger charge is -2.21. The number of nitrogens with one attached hydrogen (secondary N) is 2. The molecule has 1 rings (SSSR count). The van der Waals surface area contributed by atoms with Crippen LogP contribution in [0, 0.1) is 0 Å². The van der Waals surface area contributed by atoms with Crippen molar-refractivity contribution in [1.29, 1.82) is 0 Å². The van der Waals surface area contributed by atoms with Gasteiger partial charge in [0, 0.05) is 26.8 Å². The Kier molecular flexibility index (Phi) is 9.12. The third-order valence-corrected chi connectivity index (χ3v) is 3.33. The molecule has 0 aliphatic heterocycles. The monoisotopic (exact) mass is 317 g/mol. The molecule has 1 amide bonds. The zero-order valence-electron chi connectivity index (χ0n) is 14.1. The number of unbranched alkanes of at least 4 members (excludes halogenated alkanes) is 3. The van der Waals surface area contributed by atoms with Gasteiger partial charge in [-0.1, -0.05) is 12.5 Å². The molecule has 126 valence electrons. The second-order valence-electron chi connectivity index (χ2n) is 5.25. The van der Waals surface area contributed by atoms with Gasteiger partial charge in [0.05, 0.1) is 18.4 Å². The molecule has 0 fully saturated rings. The molecule has 0 saturated carbocycles. The van der Waals surface area contributed by atoms with Gasteiger partial charge in [-0.25, -0.2) is 0 Å². The molecule has 23 heavy (non-hydrogen) atoms. The van der Waals surface area contributed by atoms with Crippen molar-refractivity contribution in [1.82, 2.24) is 15.2 Å². The van der Waals surface area contributed by atoms with Crippen molar-refractivity contribution in [2.75, 3.05) is 32.5 Å². The molecule has 6 nitrogen and oxygen atoms in total. The molecule has 0 aromatic carbocycles. The number of pyridine rings is 1. The summed E-state index contributed by atoms with van der Waals surface area (Å²) in [7, 11) is 3.69. The standard InChI is InChI=1S/C17H27N5O/c1-4-5-6-7-8-12-22(3)17(18-2)20-14-16(23)21-15-10-9-11-19-13-15/h4,9-11,13H,1,5-8,12,14H2,2-3H3,(H,18,20)(H,21,23). The Morgan fingerprint density at radius 3 is 2.91 bits per heavy atom. The Labute approximate surface area is 138 Å². The number of hydrogen-bond acceptors (Lipinski definition) is 3. The van der Waals surface area contributed by atoms with Gasteiger partial charge in [-0.2, -0.15) is 0 Å². The summed E-state index contributed by atoms with van der Waals surface area (Å²) in [5.41, 5.74) is 0.685. The fourth-order valence-corrected chi connectivity index (χ4v) is 2.11. The molecular formula is C17H27N5O. The molecule has 1 aromatic heterocycles. The van der Waals surface area contributed by atoms with E-state index in [9.17, 15) is 4.79 Å². The summed E-state index contributed by atoms with van der Waals surface area (Å²) >= 11 is 0. The highest BCUT2D eigenvalue weighted by Crippen LogP contribution is 2.02. The van der Waals surface area contributed by atoms with Crippen molar-refractivity contribution in [2.24, 2.45) is 4.99 Å². The van der Waals surface area contributed by atoms with Crippen LogP contribution >= 0.6 is 0 Å². The number of rotatable bonds is 9. The minimum absolute atomic E-state index is 0.126. The third-order valence-electron chi connectivity index (χ3n) is 3.33. The molecule has 0 aliphatic carbocycles. The predicted molar refractivity (Wildman–Crippen MR) is 95.5 cm³/mol. The zero-order valence-corrected chi connectivity index (χ0v) is 14.1. The first-order valence-corrected chi connectivity index (χ1v) is 7.90. The topological polar surface area (TPSA) is 69.6 Å². The molecular weight excluding hydrogens is 290 g/mol. The average molecular weight is 317 g/mol. The first kappa shape index (κ1) is 18.7. The second kappa shape index (κ2) is 11.2. The van der Waals surface area contributed by atoms with Gasteiger partial charge in [-0.3, -0.25) is 14.8 Å². The van der Waals surface area contributed by atoms with E-state index < -0.39 is 0 Å². The number of aliphatic imine (C=N–C) groups is 1. The van der Waals surface area contributed by atoms with E-state index in [2.05, 4.69) is 27.2 Å². The molecule has 0 saturated heterocycles. The lowest BCUT2D eigenvalue weighted by molar-refractivity contribution is -0.115. The van der Waals surface area contributed by atoms with E-state index in [1.54, 1.807) is 31.6 Å². The van der Waals surface area contributed by atoms with Gasteiger partial charge < -0.3 is 15.5 Å². The van der Waals surface area contributed by atoms with Gasteiger partial charge >= 0.3 is 0 Å². The number of aromatic nitrogens is 1. The highest BCUT2D eigenvalue weighted by Gasteiger charge is 2.08. The van der Waals surface area contributed by atoms with E-state index in [1.165, 1.54) is 0 Å². The van der Waals surface area contributed by atoms with Crippen LogP contribution in [0.1, 0.15) is 25.7 Å². The quantitative estimate of drug-likeness (QED) is 0.317. The average Bonchev–Trinajstić information content (AvgIpc) is 2.56. The summed E-state index contributed by atoms with van der Waals surface area (Å²) in [4.78, 5) is 22.1. The Morgan fingerprint density at radius 1 is 1.43 bits per heavy atom. The summed E-state index contributed by atoms with van der Waals surface area (Å²) in [6.07, 6.45) is 9.71. The number of carbonyl (C=O) groups is 1. The van der Waals surface area contributed by atoms with E-state index in [4.69, 9.17) is 0 Å². The van der Waals surface area contributed by atoms with Gasteiger partial charge in [0.1, 0.15) is 0 Å². The van der Waals surface area contributed by atoms with E-state index in [-0.39, 0.29) is 12.5 Å². The highest BCUT2D eigenvalue weighted by molar-refractivity contribution is 5.94. The predicted octanol–water partition coefficient (Wildman–Crippen LogP) is 2.27. The van der Waals surface area contributed by atoms with Crippen LogP contribution in [0.3, 0.4) is 0 Å². The second-order valence-corrected chi connectivity index (χ2v) is 5.25. The SMILES string of the molecule is C=CCCCCCN(C)C(=NC)NCC(=O)Nc1cccnc1. The largest absolute Gasteiger partial charge is 0.347 e. The molecule has 0 spiro atoms. The molecule has 2 N–H and O–H groups in total. The van der Waals surface area contributed by atoms with E-state index >= 15 is 0 Å². The third kappa shape index (κ3) is 7.99. The molecule has 6 heteroatoms. The number of guanidine groups is 1. The Balaban J connectivity index is 2.29. The van der Waals surface area contributed by atoms with Crippen molar-refractivity contribution in [3.63, 3.8) is 0 Å². The van der Waals surface area contributed by atoms with E-state index in [0.717, 1.165) is 38.2 Å². The maximum absolute atomic E-state index is 11.9. The summed E-state index contributed by atoms with van der Waals surface area (Å²) in [6.45, 7) is 4.80. The minimum Gasteiger partial charge on any atom is -0.347 e. The number of carbonyl (C=O) groups excluding carboxylic acids is 1. The lowest BCUT2D eigenvalue weighted by atomic mass is 10.2. The Bertz CT molecular complexity index is 501. The highest BCUT2D eigenvalue weighted by atomic mass is 16.1. The number of amides is 1. The lowest BCUT2D eigenvalue weighted by Crippen LogP contribution is -2.42. The Hall–Kier alpha value is -2.37. The minimum atomic E-state index is -0.126. The van der Waals surface area contributed by atoms with Crippen molar-refractivity contribution in [2.45, 2.75) is 25.7 Å². The molecule has 0 aliphatic rings. The fraction of sp³-hybridized carbons (Fsp3) is 0.471. The molecule has 0 atom stereocenters. The van der Waals surface area contributed by atoms with E-state index in [0.29, 0.717) is 5.69 Å². The van der Waals surface area contributed by atoms with E-state index in [1.807, 2.05) is 18.0 Å². The molecule has 1 heterocycles. The molecule has 1 aromatic rings. The summed E-state index contributed by atoms with van der Waals surface area (Å²) < 4.78 is 0. The van der Waals surface area contributed by atoms with Gasteiger partial charge in [0.2, 0.25) is 5.91 Å². The number of anilines is 1. The molecule has 0 unspecified atom stereocenters. The first-order valence-electron chi connectivity index (χ1n) is 7.90. The summed E-state index contributed by atoms with van der Waals surface area (Å²) in [6, 6.07) is 3.58. The normalized spacial score (nSPS) is 11.0. The van der Waals surface area contributed by atoms with Crippen LogP contribution in [0.2, 0.25) is 0 Å². The van der Waals surface area contributed by atoms with Crippen LogP contribution in [0.4, 0.5) is 5.69 Å². The maximum Gasteiger partial charge on any atom is 0.243 e. The summed E-state index contributed by atoms with van der Waals surface area (Å²) in [5.74, 6) is 0.591.